The number of nitrogens with two attached hydrogens (primary N) is 1. The highest BCUT2D eigenvalue weighted by Crippen LogP contribution is 2.22. The number of nitrogens with one attached hydrogen (secondary N) is 1. The molecule has 17 heavy (non-hydrogen) atoms. The van der Waals surface area contributed by atoms with Crippen LogP contribution in [0.4, 0.5) is 0 Å². The van der Waals surface area contributed by atoms with Crippen molar-refractivity contribution in [3.05, 3.63) is 27.0 Å². The number of thiazole rings is 1. The minimum absolute atomic E-state index is 0.385. The lowest BCUT2D eigenvalue weighted by Crippen LogP contribution is -2.50. The monoisotopic (exact) mass is 254 g/mol. The molecule has 1 aromatic heterocycles. The quantitative estimate of drug-likeness (QED) is 0.328. The number of carbonyl (C=O) groups excluding carboxylic acids is 1. The van der Waals surface area contributed by atoms with E-state index in [-0.39, 0.29) is 0 Å². The summed E-state index contributed by atoms with van der Waals surface area (Å²) in [7, 11) is 0. The Hall–Kier alpha value is -1.63. The maximum atomic E-state index is 11.5. The summed E-state index contributed by atoms with van der Waals surface area (Å²) in [6.45, 7) is 2.61. The number of azide groups is 1. The first-order chi connectivity index (χ1) is 8.11. The first-order valence-electron chi connectivity index (χ1n) is 5.07. The van der Waals surface area contributed by atoms with E-state index in [9.17, 15) is 4.79 Å². The average Bonchev–Trinajstić information content (AvgIpc) is 2.82. The fraction of sp³-hybridized carbons (Fsp3) is 0.556. The molecular weight excluding hydrogens is 240 g/mol. The molecule has 0 aliphatic heterocycles. The highest BCUT2D eigenvalue weighted by atomic mass is 32.1. The molecule has 1 aromatic rings. The van der Waals surface area contributed by atoms with Gasteiger partial charge in [-0.25, -0.2) is 4.98 Å². The highest BCUT2D eigenvalue weighted by molar-refractivity contribution is 7.09. The molecule has 92 valence electrons. The van der Waals surface area contributed by atoms with Crippen LogP contribution in [0, 0.1) is 0 Å². The number of rotatable bonds is 7. The van der Waals surface area contributed by atoms with Crippen LogP contribution < -0.4 is 11.1 Å². The fourth-order valence-electron chi connectivity index (χ4n) is 1.27. The summed E-state index contributed by atoms with van der Waals surface area (Å²) in [5, 5.41) is 8.88. The molecule has 8 heteroatoms. The van der Waals surface area contributed by atoms with Gasteiger partial charge in [0.25, 0.3) is 0 Å². The molecule has 0 saturated heterocycles. The second-order valence-electron chi connectivity index (χ2n) is 3.56. The van der Waals surface area contributed by atoms with Crippen molar-refractivity contribution in [2.24, 2.45) is 10.8 Å². The smallest absolute Gasteiger partial charge is 0.244 e. The maximum Gasteiger partial charge on any atom is 0.244 e. The van der Waals surface area contributed by atoms with Gasteiger partial charge in [-0.05, 0) is 25.4 Å². The van der Waals surface area contributed by atoms with Gasteiger partial charge in [0.15, 0.2) is 0 Å². The lowest BCUT2D eigenvalue weighted by atomic mass is 10.0. The number of hydrogen-bond donors (Lipinski definition) is 2. The van der Waals surface area contributed by atoms with E-state index in [1.807, 2.05) is 0 Å². The van der Waals surface area contributed by atoms with Crippen molar-refractivity contribution in [1.29, 1.82) is 0 Å². The Bertz CT molecular complexity index is 413. The van der Waals surface area contributed by atoms with Crippen LogP contribution in [0.1, 0.15) is 18.4 Å². The second-order valence-corrected chi connectivity index (χ2v) is 4.46. The van der Waals surface area contributed by atoms with E-state index in [1.165, 1.54) is 11.3 Å². The van der Waals surface area contributed by atoms with Gasteiger partial charge in [-0.1, -0.05) is 5.11 Å². The molecule has 1 unspecified atom stereocenters. The van der Waals surface area contributed by atoms with E-state index in [2.05, 4.69) is 20.3 Å². The van der Waals surface area contributed by atoms with Crippen molar-refractivity contribution in [1.82, 2.24) is 10.3 Å². The fourth-order valence-corrected chi connectivity index (χ4v) is 2.05. The normalized spacial score (nSPS) is 13.7. The first kappa shape index (κ1) is 13.4. The Morgan fingerprint density at radius 1 is 1.82 bits per heavy atom. The van der Waals surface area contributed by atoms with Gasteiger partial charge in [-0.15, -0.1) is 11.3 Å². The SMILES string of the molecule is CC(NCCCN=[N+]=[N-])(C(N)=O)c1nccs1. The Labute approximate surface area is 103 Å². The van der Waals surface area contributed by atoms with Crippen LogP contribution in [0.2, 0.25) is 0 Å². The number of aromatic nitrogens is 1. The van der Waals surface area contributed by atoms with Crippen molar-refractivity contribution >= 4 is 17.2 Å². The number of carbonyl (C=O) groups is 1. The van der Waals surface area contributed by atoms with Crippen molar-refractivity contribution < 1.29 is 4.79 Å². The molecule has 0 saturated carbocycles. The molecule has 3 N–H and O–H groups in total. The van der Waals surface area contributed by atoms with E-state index in [1.54, 1.807) is 18.5 Å². The van der Waals surface area contributed by atoms with E-state index in [4.69, 9.17) is 11.3 Å². The zero-order valence-corrected chi connectivity index (χ0v) is 10.3. The van der Waals surface area contributed by atoms with Crippen molar-refractivity contribution in [2.45, 2.75) is 18.9 Å². The Kier molecular flexibility index (Phi) is 4.89. The molecule has 0 aliphatic carbocycles. The van der Waals surface area contributed by atoms with Crippen LogP contribution in [0.3, 0.4) is 0 Å². The van der Waals surface area contributed by atoms with Gasteiger partial charge in [0, 0.05) is 23.0 Å². The maximum absolute atomic E-state index is 11.5. The zero-order chi connectivity index (χ0) is 12.7. The highest BCUT2D eigenvalue weighted by Gasteiger charge is 2.34. The van der Waals surface area contributed by atoms with Crippen molar-refractivity contribution in [3.8, 4) is 0 Å². The number of amides is 1. The summed E-state index contributed by atoms with van der Waals surface area (Å²) in [6, 6.07) is 0. The summed E-state index contributed by atoms with van der Waals surface area (Å²) in [4.78, 5) is 18.2. The van der Waals surface area contributed by atoms with E-state index in [0.717, 1.165) is 0 Å². The van der Waals surface area contributed by atoms with Crippen LogP contribution in [0.15, 0.2) is 16.7 Å². The minimum atomic E-state index is -0.968. The van der Waals surface area contributed by atoms with Crippen LogP contribution in [-0.4, -0.2) is 24.0 Å². The molecule has 1 amide bonds. The van der Waals surface area contributed by atoms with Crippen LogP contribution in [0.5, 0.6) is 0 Å². The number of hydrogen-bond acceptors (Lipinski definition) is 5. The molecule has 0 spiro atoms. The van der Waals surface area contributed by atoms with Gasteiger partial charge in [-0.2, -0.15) is 0 Å². The van der Waals surface area contributed by atoms with Gasteiger partial charge in [0.1, 0.15) is 10.5 Å². The van der Waals surface area contributed by atoms with Gasteiger partial charge >= 0.3 is 0 Å². The third kappa shape index (κ3) is 3.42. The third-order valence-corrected chi connectivity index (χ3v) is 3.32. The Balaban J connectivity index is 2.61. The van der Waals surface area contributed by atoms with E-state index < -0.39 is 11.4 Å². The zero-order valence-electron chi connectivity index (χ0n) is 9.46. The topological polar surface area (TPSA) is 117 Å². The average molecular weight is 254 g/mol. The third-order valence-electron chi connectivity index (χ3n) is 2.33. The lowest BCUT2D eigenvalue weighted by molar-refractivity contribution is -0.124. The number of primary amides is 1. The Morgan fingerprint density at radius 2 is 2.59 bits per heavy atom. The standard InChI is InChI=1S/C9H14N6OS/c1-9(7(10)16,8-12-5-6-17-8)13-3-2-4-14-15-11/h5-6,13H,2-4H2,1H3,(H2,10,16). The minimum Gasteiger partial charge on any atom is -0.368 e. The summed E-state index contributed by atoms with van der Waals surface area (Å²) >= 11 is 1.37. The van der Waals surface area contributed by atoms with E-state index >= 15 is 0 Å². The molecule has 1 heterocycles. The van der Waals surface area contributed by atoms with Crippen LogP contribution in [0.25, 0.3) is 10.4 Å². The predicted octanol–water partition coefficient (Wildman–Crippen LogP) is 1.13. The molecule has 0 aromatic carbocycles. The van der Waals surface area contributed by atoms with Crippen molar-refractivity contribution in [2.75, 3.05) is 13.1 Å². The summed E-state index contributed by atoms with van der Waals surface area (Å²) < 4.78 is 0. The number of nitrogens with zero attached hydrogens (tertiary/aromatic N) is 4. The van der Waals surface area contributed by atoms with Crippen LogP contribution >= 0.6 is 11.3 Å². The largest absolute Gasteiger partial charge is 0.368 e. The van der Waals surface area contributed by atoms with E-state index in [0.29, 0.717) is 24.5 Å². The Morgan fingerprint density at radius 3 is 3.12 bits per heavy atom. The van der Waals surface area contributed by atoms with Gasteiger partial charge < -0.3 is 5.73 Å². The van der Waals surface area contributed by atoms with Crippen molar-refractivity contribution in [3.63, 3.8) is 0 Å². The van der Waals surface area contributed by atoms with Gasteiger partial charge in [-0.3, -0.25) is 10.1 Å². The molecule has 0 radical (unpaired) electrons. The molecule has 1 rings (SSSR count). The second kappa shape index (κ2) is 6.19. The van der Waals surface area contributed by atoms with Crippen LogP contribution in [-0.2, 0) is 10.3 Å². The summed E-state index contributed by atoms with van der Waals surface area (Å²) in [6.07, 6.45) is 2.27. The molecule has 7 nitrogen and oxygen atoms in total. The molecular formula is C9H14N6OS. The van der Waals surface area contributed by atoms with Gasteiger partial charge in [0.05, 0.1) is 0 Å². The molecule has 0 bridgehead atoms. The first-order valence-corrected chi connectivity index (χ1v) is 5.95. The predicted molar refractivity (Wildman–Crippen MR) is 65.3 cm³/mol. The summed E-state index contributed by atoms with van der Waals surface area (Å²) in [5.74, 6) is -0.476. The molecule has 0 aliphatic rings. The van der Waals surface area contributed by atoms with Gasteiger partial charge in [0.2, 0.25) is 5.91 Å². The summed E-state index contributed by atoms with van der Waals surface area (Å²) in [5.41, 5.74) is 12.5. The lowest BCUT2D eigenvalue weighted by Gasteiger charge is -2.25. The molecule has 0 fully saturated rings. The molecule has 1 atom stereocenters.